The van der Waals surface area contributed by atoms with Gasteiger partial charge in [0.15, 0.2) is 10.6 Å². The van der Waals surface area contributed by atoms with Crippen molar-refractivity contribution in [2.75, 3.05) is 36.5 Å². The zero-order valence-corrected chi connectivity index (χ0v) is 16.7. The molecule has 1 aromatic heterocycles. The number of ether oxygens (including phenoxy) is 1. The summed E-state index contributed by atoms with van der Waals surface area (Å²) in [6.07, 6.45) is 2.11. The molecule has 1 aliphatic carbocycles. The average Bonchev–Trinajstić information content (AvgIpc) is 2.73. The molecule has 8 heteroatoms. The minimum absolute atomic E-state index is 0.105. The lowest BCUT2D eigenvalue weighted by atomic mass is 9.76. The van der Waals surface area contributed by atoms with Gasteiger partial charge in [0, 0.05) is 42.4 Å². The molecule has 0 bridgehead atoms. The average molecular weight is 410 g/mol. The van der Waals surface area contributed by atoms with Crippen molar-refractivity contribution in [3.05, 3.63) is 61.8 Å². The summed E-state index contributed by atoms with van der Waals surface area (Å²) in [5.74, 6) is 0.298. The predicted molar refractivity (Wildman–Crippen MR) is 113 cm³/mol. The number of nitrogens with one attached hydrogen (secondary N) is 3. The number of hydrogen-bond acceptors (Lipinski definition) is 6. The van der Waals surface area contributed by atoms with Crippen LogP contribution in [0.4, 0.5) is 11.5 Å². The van der Waals surface area contributed by atoms with Crippen LogP contribution in [0.2, 0.25) is 0 Å². The monoisotopic (exact) mass is 410 g/mol. The van der Waals surface area contributed by atoms with E-state index in [1.54, 1.807) is 0 Å². The Hall–Kier alpha value is -2.71. The zero-order chi connectivity index (χ0) is 20.0. The Labute approximate surface area is 172 Å². The fraction of sp³-hybridized carbons (Fsp3) is 0.381. The first-order valence-corrected chi connectivity index (χ1v) is 10.3. The lowest BCUT2D eigenvalue weighted by molar-refractivity contribution is -0.116. The first kappa shape index (κ1) is 18.3. The minimum atomic E-state index is -0.400. The molecule has 1 atom stereocenters. The predicted octanol–water partition coefficient (Wildman–Crippen LogP) is 2.83. The topological polar surface area (TPSA) is 90.2 Å². The SMILES string of the molecule is O=C1CCCC2=C1C(c1ccc(N3CCOCC3)cc1)c1c([nH]c(=S)[nH]c1=O)N2. The number of anilines is 2. The van der Waals surface area contributed by atoms with E-state index >= 15 is 0 Å². The number of Topliss-reactive ketones (excluding diaryl/α,β-unsaturated/α-hetero) is 1. The molecule has 2 aromatic rings. The van der Waals surface area contributed by atoms with Crippen LogP contribution in [0.25, 0.3) is 0 Å². The molecular weight excluding hydrogens is 388 g/mol. The van der Waals surface area contributed by atoms with Crippen LogP contribution in [-0.4, -0.2) is 42.1 Å². The van der Waals surface area contributed by atoms with Crippen LogP contribution in [-0.2, 0) is 9.53 Å². The van der Waals surface area contributed by atoms with Crippen molar-refractivity contribution in [3.8, 4) is 0 Å². The molecule has 1 aromatic carbocycles. The van der Waals surface area contributed by atoms with Gasteiger partial charge < -0.3 is 19.9 Å². The number of carbonyl (C=O) groups is 1. The van der Waals surface area contributed by atoms with Gasteiger partial charge in [0.05, 0.1) is 18.8 Å². The molecule has 0 radical (unpaired) electrons. The van der Waals surface area contributed by atoms with Crippen LogP contribution >= 0.6 is 12.2 Å². The highest BCUT2D eigenvalue weighted by atomic mass is 32.1. The number of aromatic nitrogens is 2. The van der Waals surface area contributed by atoms with Crippen LogP contribution < -0.4 is 15.8 Å². The van der Waals surface area contributed by atoms with E-state index in [2.05, 4.69) is 32.3 Å². The highest BCUT2D eigenvalue weighted by molar-refractivity contribution is 7.71. The molecule has 0 amide bonds. The van der Waals surface area contributed by atoms with E-state index in [4.69, 9.17) is 17.0 Å². The maximum absolute atomic E-state index is 12.9. The highest BCUT2D eigenvalue weighted by Gasteiger charge is 2.37. The fourth-order valence-corrected chi connectivity index (χ4v) is 4.72. The molecule has 3 N–H and O–H groups in total. The molecule has 1 saturated heterocycles. The number of fused-ring (bicyclic) bond motifs is 1. The van der Waals surface area contributed by atoms with E-state index in [-0.39, 0.29) is 16.1 Å². The summed E-state index contributed by atoms with van der Waals surface area (Å²) < 4.78 is 5.70. The zero-order valence-electron chi connectivity index (χ0n) is 15.9. The van der Waals surface area contributed by atoms with Gasteiger partial charge in [-0.2, -0.15) is 0 Å². The fourth-order valence-electron chi connectivity index (χ4n) is 4.53. The van der Waals surface area contributed by atoms with Crippen LogP contribution in [0.5, 0.6) is 0 Å². The summed E-state index contributed by atoms with van der Waals surface area (Å²) in [4.78, 5) is 33.7. The van der Waals surface area contributed by atoms with Crippen molar-refractivity contribution in [2.45, 2.75) is 25.2 Å². The second kappa shape index (κ2) is 7.27. The molecule has 7 nitrogen and oxygen atoms in total. The van der Waals surface area contributed by atoms with E-state index in [0.29, 0.717) is 23.4 Å². The number of carbonyl (C=O) groups excluding carboxylic acids is 1. The quantitative estimate of drug-likeness (QED) is 0.660. The highest BCUT2D eigenvalue weighted by Crippen LogP contribution is 2.43. The van der Waals surface area contributed by atoms with Gasteiger partial charge >= 0.3 is 0 Å². The molecule has 3 aliphatic rings. The maximum atomic E-state index is 12.9. The first-order chi connectivity index (χ1) is 14.1. The third-order valence-electron chi connectivity index (χ3n) is 5.89. The third-order valence-corrected chi connectivity index (χ3v) is 6.10. The summed E-state index contributed by atoms with van der Waals surface area (Å²) >= 11 is 5.15. The molecule has 5 rings (SSSR count). The molecule has 1 unspecified atom stereocenters. The Bertz CT molecular complexity index is 1110. The minimum Gasteiger partial charge on any atom is -0.378 e. The van der Waals surface area contributed by atoms with Gasteiger partial charge in [0.25, 0.3) is 5.56 Å². The van der Waals surface area contributed by atoms with Crippen LogP contribution in [0, 0.1) is 4.77 Å². The second-order valence-electron chi connectivity index (χ2n) is 7.61. The molecular formula is C21H22N4O3S. The van der Waals surface area contributed by atoms with Crippen LogP contribution in [0.15, 0.2) is 40.3 Å². The van der Waals surface area contributed by atoms with E-state index < -0.39 is 5.92 Å². The Kier molecular flexibility index (Phi) is 4.60. The maximum Gasteiger partial charge on any atom is 0.257 e. The van der Waals surface area contributed by atoms with Gasteiger partial charge in [-0.05, 0) is 42.8 Å². The van der Waals surface area contributed by atoms with Gasteiger partial charge in [-0.3, -0.25) is 14.6 Å². The van der Waals surface area contributed by atoms with Crippen molar-refractivity contribution in [2.24, 2.45) is 0 Å². The van der Waals surface area contributed by atoms with E-state index in [1.807, 2.05) is 12.1 Å². The number of allylic oxidation sites excluding steroid dienone is 2. The number of H-pyrrole nitrogens is 2. The van der Waals surface area contributed by atoms with E-state index in [0.717, 1.165) is 56.1 Å². The van der Waals surface area contributed by atoms with Crippen molar-refractivity contribution >= 4 is 29.5 Å². The Morgan fingerprint density at radius 3 is 2.55 bits per heavy atom. The normalized spacial score (nSPS) is 21.4. The first-order valence-electron chi connectivity index (χ1n) is 9.94. The summed E-state index contributed by atoms with van der Waals surface area (Å²) in [6.45, 7) is 3.17. The molecule has 3 heterocycles. The lowest BCUT2D eigenvalue weighted by Crippen LogP contribution is -2.36. The molecule has 150 valence electrons. The molecule has 29 heavy (non-hydrogen) atoms. The Morgan fingerprint density at radius 1 is 1.03 bits per heavy atom. The molecule has 1 fully saturated rings. The van der Waals surface area contributed by atoms with Crippen LogP contribution in [0.1, 0.15) is 36.3 Å². The smallest absolute Gasteiger partial charge is 0.257 e. The molecule has 2 aliphatic heterocycles. The van der Waals surface area contributed by atoms with Gasteiger partial charge in [0.2, 0.25) is 0 Å². The number of hydrogen-bond donors (Lipinski definition) is 3. The van der Waals surface area contributed by atoms with Gasteiger partial charge in [0.1, 0.15) is 5.82 Å². The van der Waals surface area contributed by atoms with Crippen molar-refractivity contribution < 1.29 is 9.53 Å². The summed E-state index contributed by atoms with van der Waals surface area (Å²) in [5, 5.41) is 3.27. The van der Waals surface area contributed by atoms with Crippen molar-refractivity contribution in [1.29, 1.82) is 0 Å². The number of aromatic amines is 2. The second-order valence-corrected chi connectivity index (χ2v) is 8.02. The standard InChI is InChI=1S/C21H22N4O3S/c26-15-3-1-2-14-17(15)16(18-19(22-14)23-21(29)24-20(18)27)12-4-6-13(7-5-12)25-8-10-28-11-9-25/h4-7,16H,1-3,8-11H2,(H3,22,23,24,27,29). The Balaban J connectivity index is 1.62. The number of rotatable bonds is 2. The molecule has 0 saturated carbocycles. The van der Waals surface area contributed by atoms with Gasteiger partial charge in [-0.25, -0.2) is 0 Å². The largest absolute Gasteiger partial charge is 0.378 e. The summed E-state index contributed by atoms with van der Waals surface area (Å²) in [5.41, 5.74) is 3.92. The van der Waals surface area contributed by atoms with Crippen molar-refractivity contribution in [3.63, 3.8) is 0 Å². The number of nitrogens with zero attached hydrogens (tertiary/aromatic N) is 1. The summed E-state index contributed by atoms with van der Waals surface area (Å²) in [6, 6.07) is 8.18. The van der Waals surface area contributed by atoms with Crippen LogP contribution in [0.3, 0.4) is 0 Å². The van der Waals surface area contributed by atoms with E-state index in [9.17, 15) is 9.59 Å². The number of ketones is 1. The number of benzene rings is 1. The van der Waals surface area contributed by atoms with Gasteiger partial charge in [-0.1, -0.05) is 12.1 Å². The summed E-state index contributed by atoms with van der Waals surface area (Å²) in [7, 11) is 0. The third kappa shape index (κ3) is 3.22. The van der Waals surface area contributed by atoms with Crippen molar-refractivity contribution in [1.82, 2.24) is 9.97 Å². The van der Waals surface area contributed by atoms with Gasteiger partial charge in [-0.15, -0.1) is 0 Å². The lowest BCUT2D eigenvalue weighted by Gasteiger charge is -2.33. The van der Waals surface area contributed by atoms with E-state index in [1.165, 1.54) is 0 Å². The number of morpholine rings is 1. The Morgan fingerprint density at radius 2 is 1.79 bits per heavy atom. The molecule has 0 spiro atoms.